The van der Waals surface area contributed by atoms with Crippen LogP contribution in [-0.4, -0.2) is 70.3 Å². The summed E-state index contributed by atoms with van der Waals surface area (Å²) < 4.78 is 5.42. The predicted molar refractivity (Wildman–Crippen MR) is 110 cm³/mol. The van der Waals surface area contributed by atoms with Crippen LogP contribution in [0.15, 0.2) is 60.9 Å². The molecule has 1 aliphatic heterocycles. The van der Waals surface area contributed by atoms with E-state index in [-0.39, 0.29) is 5.91 Å². The van der Waals surface area contributed by atoms with E-state index < -0.39 is 0 Å². The van der Waals surface area contributed by atoms with Gasteiger partial charge in [0.1, 0.15) is 5.69 Å². The van der Waals surface area contributed by atoms with Gasteiger partial charge in [0.05, 0.1) is 18.9 Å². The van der Waals surface area contributed by atoms with E-state index in [1.54, 1.807) is 12.4 Å². The van der Waals surface area contributed by atoms with Gasteiger partial charge in [0.15, 0.2) is 0 Å². The standard InChI is InChI=1S/C22H25N5O2/c28-22(21-16-20(24-25-21)19-4-2-1-3-5-19)27(17-18-6-8-23-9-7-18)11-10-26-12-14-29-15-13-26/h1-9,16H,10-15,17H2,(H,24,25). The summed E-state index contributed by atoms with van der Waals surface area (Å²) in [7, 11) is 0. The zero-order chi connectivity index (χ0) is 19.9. The normalized spacial score (nSPS) is 14.6. The highest BCUT2D eigenvalue weighted by Gasteiger charge is 2.20. The van der Waals surface area contributed by atoms with Gasteiger partial charge in [0, 0.05) is 50.7 Å². The molecule has 0 atom stereocenters. The summed E-state index contributed by atoms with van der Waals surface area (Å²) in [5.74, 6) is -0.0512. The Morgan fingerprint density at radius 1 is 1.10 bits per heavy atom. The van der Waals surface area contributed by atoms with Gasteiger partial charge >= 0.3 is 0 Å². The number of pyridine rings is 1. The molecule has 7 nitrogen and oxygen atoms in total. The first-order valence-electron chi connectivity index (χ1n) is 9.89. The van der Waals surface area contributed by atoms with Crippen LogP contribution < -0.4 is 0 Å². The molecule has 0 spiro atoms. The lowest BCUT2D eigenvalue weighted by Gasteiger charge is -2.30. The maximum absolute atomic E-state index is 13.3. The number of hydrogen-bond donors (Lipinski definition) is 1. The first-order valence-corrected chi connectivity index (χ1v) is 9.89. The van der Waals surface area contributed by atoms with Crippen LogP contribution in [0.2, 0.25) is 0 Å². The van der Waals surface area contributed by atoms with Gasteiger partial charge in [-0.25, -0.2) is 0 Å². The van der Waals surface area contributed by atoms with Gasteiger partial charge in [0.25, 0.3) is 5.91 Å². The van der Waals surface area contributed by atoms with Crippen molar-refractivity contribution in [1.82, 2.24) is 25.0 Å². The summed E-state index contributed by atoms with van der Waals surface area (Å²) in [6.07, 6.45) is 3.51. The average Bonchev–Trinajstić information content (AvgIpc) is 3.28. The molecular formula is C22H25N5O2. The highest BCUT2D eigenvalue weighted by atomic mass is 16.5. The maximum atomic E-state index is 13.3. The second-order valence-electron chi connectivity index (χ2n) is 7.07. The lowest BCUT2D eigenvalue weighted by Crippen LogP contribution is -2.43. The summed E-state index contributed by atoms with van der Waals surface area (Å²) in [6.45, 7) is 5.30. The number of benzene rings is 1. The molecule has 150 valence electrons. The van der Waals surface area contributed by atoms with Gasteiger partial charge in [-0.05, 0) is 23.8 Å². The van der Waals surface area contributed by atoms with Crippen molar-refractivity contribution in [3.05, 3.63) is 72.2 Å². The molecule has 0 aliphatic carbocycles. The number of nitrogens with zero attached hydrogens (tertiary/aromatic N) is 4. The smallest absolute Gasteiger partial charge is 0.272 e. The molecule has 1 fully saturated rings. The molecular weight excluding hydrogens is 366 g/mol. The van der Waals surface area contributed by atoms with E-state index in [4.69, 9.17) is 4.74 Å². The van der Waals surface area contributed by atoms with Gasteiger partial charge in [-0.2, -0.15) is 5.10 Å². The highest BCUT2D eigenvalue weighted by Crippen LogP contribution is 2.18. The minimum Gasteiger partial charge on any atom is -0.379 e. The van der Waals surface area contributed by atoms with Crippen molar-refractivity contribution in [3.63, 3.8) is 0 Å². The van der Waals surface area contributed by atoms with Crippen molar-refractivity contribution in [2.45, 2.75) is 6.54 Å². The summed E-state index contributed by atoms with van der Waals surface area (Å²) in [4.78, 5) is 21.5. The fourth-order valence-corrected chi connectivity index (χ4v) is 3.41. The van der Waals surface area contributed by atoms with E-state index in [2.05, 4.69) is 20.1 Å². The monoisotopic (exact) mass is 391 g/mol. The number of rotatable bonds is 7. The summed E-state index contributed by atoms with van der Waals surface area (Å²) >= 11 is 0. The Balaban J connectivity index is 1.49. The number of aromatic amines is 1. The number of amides is 1. The second kappa shape index (κ2) is 9.45. The summed E-state index contributed by atoms with van der Waals surface area (Å²) in [5, 5.41) is 7.26. The van der Waals surface area contributed by atoms with Gasteiger partial charge in [-0.1, -0.05) is 30.3 Å². The third kappa shape index (κ3) is 5.07. The third-order valence-corrected chi connectivity index (χ3v) is 5.08. The number of hydrogen-bond acceptors (Lipinski definition) is 5. The number of aromatic nitrogens is 3. The lowest BCUT2D eigenvalue weighted by atomic mass is 10.1. The third-order valence-electron chi connectivity index (χ3n) is 5.08. The molecule has 1 saturated heterocycles. The molecule has 0 bridgehead atoms. The van der Waals surface area contributed by atoms with Crippen molar-refractivity contribution in [3.8, 4) is 11.3 Å². The maximum Gasteiger partial charge on any atom is 0.272 e. The van der Waals surface area contributed by atoms with E-state index in [1.165, 1.54) is 0 Å². The van der Waals surface area contributed by atoms with Crippen LogP contribution in [0.1, 0.15) is 16.1 Å². The molecule has 3 aromatic rings. The number of H-pyrrole nitrogens is 1. The van der Waals surface area contributed by atoms with Gasteiger partial charge in [0.2, 0.25) is 0 Å². The second-order valence-corrected chi connectivity index (χ2v) is 7.07. The Kier molecular flexibility index (Phi) is 6.29. The van der Waals surface area contributed by atoms with E-state index in [1.807, 2.05) is 53.4 Å². The molecule has 1 aromatic carbocycles. The van der Waals surface area contributed by atoms with Crippen molar-refractivity contribution in [1.29, 1.82) is 0 Å². The first kappa shape index (κ1) is 19.3. The largest absolute Gasteiger partial charge is 0.379 e. The van der Waals surface area contributed by atoms with Crippen molar-refractivity contribution in [2.24, 2.45) is 0 Å². The van der Waals surface area contributed by atoms with E-state index in [9.17, 15) is 4.79 Å². The molecule has 0 unspecified atom stereocenters. The number of ether oxygens (including phenoxy) is 1. The number of carbonyl (C=O) groups excluding carboxylic acids is 1. The molecule has 2 aromatic heterocycles. The molecule has 29 heavy (non-hydrogen) atoms. The minimum absolute atomic E-state index is 0.0512. The highest BCUT2D eigenvalue weighted by molar-refractivity contribution is 5.93. The van der Waals surface area contributed by atoms with Crippen LogP contribution >= 0.6 is 0 Å². The topological polar surface area (TPSA) is 74.4 Å². The number of carbonyl (C=O) groups is 1. The van der Waals surface area contributed by atoms with E-state index in [0.29, 0.717) is 18.8 Å². The van der Waals surface area contributed by atoms with Crippen LogP contribution in [0.5, 0.6) is 0 Å². The number of nitrogens with one attached hydrogen (secondary N) is 1. The average molecular weight is 391 g/mol. The van der Waals surface area contributed by atoms with Crippen LogP contribution in [-0.2, 0) is 11.3 Å². The Bertz CT molecular complexity index is 907. The van der Waals surface area contributed by atoms with Crippen LogP contribution in [0.25, 0.3) is 11.3 Å². The Labute approximate surface area is 170 Å². The molecule has 1 aliphatic rings. The van der Waals surface area contributed by atoms with Gasteiger partial charge < -0.3 is 9.64 Å². The van der Waals surface area contributed by atoms with Crippen molar-refractivity contribution >= 4 is 5.91 Å². The predicted octanol–water partition coefficient (Wildman–Crippen LogP) is 2.45. The zero-order valence-corrected chi connectivity index (χ0v) is 16.3. The molecule has 1 amide bonds. The molecule has 3 heterocycles. The summed E-state index contributed by atoms with van der Waals surface area (Å²) in [5.41, 5.74) is 3.31. The van der Waals surface area contributed by atoms with E-state index >= 15 is 0 Å². The quantitative estimate of drug-likeness (QED) is 0.670. The van der Waals surface area contributed by atoms with E-state index in [0.717, 1.165) is 49.7 Å². The zero-order valence-electron chi connectivity index (χ0n) is 16.3. The first-order chi connectivity index (χ1) is 14.3. The van der Waals surface area contributed by atoms with Gasteiger partial charge in [-0.3, -0.25) is 19.8 Å². The Morgan fingerprint density at radius 2 is 1.86 bits per heavy atom. The van der Waals surface area contributed by atoms with Gasteiger partial charge in [-0.15, -0.1) is 0 Å². The molecule has 1 N–H and O–H groups in total. The molecule has 4 rings (SSSR count). The fraction of sp³-hybridized carbons (Fsp3) is 0.318. The summed E-state index contributed by atoms with van der Waals surface area (Å²) in [6, 6.07) is 15.6. The van der Waals surface area contributed by atoms with Crippen LogP contribution in [0.4, 0.5) is 0 Å². The molecule has 0 radical (unpaired) electrons. The minimum atomic E-state index is -0.0512. The van der Waals surface area contributed by atoms with Crippen molar-refractivity contribution < 1.29 is 9.53 Å². The van der Waals surface area contributed by atoms with Crippen molar-refractivity contribution in [2.75, 3.05) is 39.4 Å². The Hall–Kier alpha value is -3.03. The molecule has 0 saturated carbocycles. The SMILES string of the molecule is O=C(c1cc(-c2ccccc2)n[nH]1)N(CCN1CCOCC1)Cc1ccncc1. The fourth-order valence-electron chi connectivity index (χ4n) is 3.41. The number of morpholine rings is 1. The Morgan fingerprint density at radius 3 is 2.62 bits per heavy atom. The van der Waals surface area contributed by atoms with Crippen LogP contribution in [0, 0.1) is 0 Å². The lowest BCUT2D eigenvalue weighted by molar-refractivity contribution is 0.0319. The molecule has 7 heteroatoms. The van der Waals surface area contributed by atoms with Crippen LogP contribution in [0.3, 0.4) is 0 Å².